The summed E-state index contributed by atoms with van der Waals surface area (Å²) in [6, 6.07) is 19.9. The Morgan fingerprint density at radius 3 is 2.34 bits per heavy atom. The fourth-order valence-corrected chi connectivity index (χ4v) is 4.45. The third kappa shape index (κ3) is 5.89. The average Bonchev–Trinajstić information content (AvgIpc) is 3.11. The molecule has 4 rings (SSSR count). The predicted octanol–water partition coefficient (Wildman–Crippen LogP) is 5.16. The van der Waals surface area contributed by atoms with Crippen molar-refractivity contribution in [2.75, 3.05) is 0 Å². The summed E-state index contributed by atoms with van der Waals surface area (Å²) in [7, 11) is 0. The van der Waals surface area contributed by atoms with Crippen molar-refractivity contribution < 1.29 is 24.2 Å². The van der Waals surface area contributed by atoms with Crippen molar-refractivity contribution in [3.8, 4) is 5.75 Å². The molecule has 10 heteroatoms. The van der Waals surface area contributed by atoms with Crippen LogP contribution in [-0.4, -0.2) is 32.2 Å². The Labute approximate surface area is 215 Å². The van der Waals surface area contributed by atoms with E-state index in [-0.39, 0.29) is 16.5 Å². The fourth-order valence-electron chi connectivity index (χ4n) is 3.08. The minimum absolute atomic E-state index is 0.141. The summed E-state index contributed by atoms with van der Waals surface area (Å²) in [5.74, 6) is -1.46. The Kier molecular flexibility index (Phi) is 7.50. The Morgan fingerprint density at radius 1 is 1.03 bits per heavy atom. The third-order valence-corrected chi connectivity index (χ3v) is 6.60. The molecular weight excluding hydrogens is 508 g/mol. The highest BCUT2D eigenvalue weighted by molar-refractivity contribution is 8.26. The zero-order valence-electron chi connectivity index (χ0n) is 17.9. The monoisotopic (exact) mass is 524 g/mol. The van der Waals surface area contributed by atoms with E-state index in [2.05, 4.69) is 5.43 Å². The number of carboxylic acids is 1. The zero-order valence-corrected chi connectivity index (χ0v) is 20.3. The predicted molar refractivity (Wildman–Crippen MR) is 138 cm³/mol. The molecule has 1 heterocycles. The smallest absolute Gasteiger partial charge is 0.335 e. The highest BCUT2D eigenvalue weighted by Crippen LogP contribution is 2.31. The van der Waals surface area contributed by atoms with Gasteiger partial charge in [0.2, 0.25) is 0 Å². The molecule has 0 bridgehead atoms. The van der Waals surface area contributed by atoms with Crippen LogP contribution in [0.2, 0.25) is 5.02 Å². The molecule has 1 saturated heterocycles. The topological polar surface area (TPSA) is 95.9 Å². The first kappa shape index (κ1) is 24.5. The van der Waals surface area contributed by atoms with Crippen LogP contribution in [0.1, 0.15) is 31.8 Å². The number of carbonyl (C=O) groups excluding carboxylic acids is 2. The summed E-state index contributed by atoms with van der Waals surface area (Å²) < 4.78 is 5.90. The van der Waals surface area contributed by atoms with E-state index in [1.165, 1.54) is 12.1 Å². The van der Waals surface area contributed by atoms with Gasteiger partial charge >= 0.3 is 5.97 Å². The second kappa shape index (κ2) is 10.7. The van der Waals surface area contributed by atoms with Gasteiger partial charge in [0.1, 0.15) is 12.4 Å². The van der Waals surface area contributed by atoms with Crippen LogP contribution in [-0.2, 0) is 11.4 Å². The van der Waals surface area contributed by atoms with Gasteiger partial charge in [0.15, 0.2) is 4.32 Å². The standard InChI is InChI=1S/C25H17ClN2O5S2/c26-20-4-2-1-3-18(20)14-33-19-11-9-16(10-12-19)22(29)27-28-23(30)21(35-25(28)34)13-15-5-7-17(8-6-15)24(31)32/h1-13H,14H2,(H,27,29)(H,31,32)/b21-13+. The number of rotatable bonds is 7. The van der Waals surface area contributed by atoms with Gasteiger partial charge in [0.25, 0.3) is 11.8 Å². The molecule has 176 valence electrons. The number of thioether (sulfide) groups is 1. The number of benzene rings is 3. The van der Waals surface area contributed by atoms with Crippen LogP contribution in [0, 0.1) is 0 Å². The quantitative estimate of drug-likeness (QED) is 0.325. The maximum atomic E-state index is 12.8. The number of hydrazine groups is 1. The molecule has 0 aromatic heterocycles. The Bertz CT molecular complexity index is 1340. The fraction of sp³-hybridized carbons (Fsp3) is 0.0400. The number of nitrogens with zero attached hydrogens (tertiary/aromatic N) is 1. The molecule has 0 radical (unpaired) electrons. The lowest BCUT2D eigenvalue weighted by Crippen LogP contribution is -2.44. The summed E-state index contributed by atoms with van der Waals surface area (Å²) in [5.41, 5.74) is 4.46. The molecular formula is C25H17ClN2O5S2. The molecule has 2 N–H and O–H groups in total. The number of hydrogen-bond donors (Lipinski definition) is 2. The van der Waals surface area contributed by atoms with Crippen molar-refractivity contribution in [1.29, 1.82) is 0 Å². The molecule has 1 fully saturated rings. The highest BCUT2D eigenvalue weighted by Gasteiger charge is 2.33. The van der Waals surface area contributed by atoms with E-state index in [1.54, 1.807) is 48.5 Å². The molecule has 35 heavy (non-hydrogen) atoms. The van der Waals surface area contributed by atoms with E-state index in [4.69, 9.17) is 33.7 Å². The van der Waals surface area contributed by atoms with Crippen LogP contribution in [0.5, 0.6) is 5.75 Å². The Morgan fingerprint density at radius 2 is 1.69 bits per heavy atom. The molecule has 1 aliphatic heterocycles. The lowest BCUT2D eigenvalue weighted by atomic mass is 10.1. The number of amides is 2. The number of nitrogens with one attached hydrogen (secondary N) is 1. The van der Waals surface area contributed by atoms with Crippen molar-refractivity contribution in [2.45, 2.75) is 6.61 Å². The normalized spacial score (nSPS) is 14.3. The average molecular weight is 525 g/mol. The van der Waals surface area contributed by atoms with Crippen LogP contribution in [0.4, 0.5) is 0 Å². The van der Waals surface area contributed by atoms with Crippen LogP contribution in [0.25, 0.3) is 6.08 Å². The largest absolute Gasteiger partial charge is 0.489 e. The summed E-state index contributed by atoms with van der Waals surface area (Å²) in [6.45, 7) is 0.285. The van der Waals surface area contributed by atoms with Crippen molar-refractivity contribution >= 4 is 63.8 Å². The molecule has 1 aliphatic rings. The van der Waals surface area contributed by atoms with Crippen molar-refractivity contribution in [1.82, 2.24) is 10.4 Å². The number of hydrogen-bond acceptors (Lipinski definition) is 6. The van der Waals surface area contributed by atoms with Crippen LogP contribution in [0.15, 0.2) is 77.7 Å². The Balaban J connectivity index is 1.38. The summed E-state index contributed by atoms with van der Waals surface area (Å²) in [6.07, 6.45) is 1.59. The minimum Gasteiger partial charge on any atom is -0.489 e. The lowest BCUT2D eigenvalue weighted by molar-refractivity contribution is -0.123. The molecule has 3 aromatic carbocycles. The minimum atomic E-state index is -1.04. The van der Waals surface area contributed by atoms with Gasteiger partial charge in [-0.3, -0.25) is 15.0 Å². The van der Waals surface area contributed by atoms with E-state index in [0.29, 0.717) is 26.8 Å². The van der Waals surface area contributed by atoms with Gasteiger partial charge in [-0.2, -0.15) is 5.01 Å². The molecule has 7 nitrogen and oxygen atoms in total. The molecule has 0 aliphatic carbocycles. The number of carbonyl (C=O) groups is 3. The van der Waals surface area contributed by atoms with E-state index in [1.807, 2.05) is 18.2 Å². The molecule has 0 atom stereocenters. The van der Waals surface area contributed by atoms with Gasteiger partial charge in [0.05, 0.1) is 10.5 Å². The van der Waals surface area contributed by atoms with Gasteiger partial charge in [-0.1, -0.05) is 53.7 Å². The molecule has 0 spiro atoms. The molecule has 0 saturated carbocycles. The summed E-state index contributed by atoms with van der Waals surface area (Å²) in [5, 5.41) is 10.6. The maximum absolute atomic E-state index is 12.8. The second-order valence-electron chi connectivity index (χ2n) is 7.29. The van der Waals surface area contributed by atoms with Crippen LogP contribution < -0.4 is 10.2 Å². The number of aromatic carboxylic acids is 1. The molecule has 0 unspecified atom stereocenters. The van der Waals surface area contributed by atoms with E-state index >= 15 is 0 Å². The molecule has 3 aromatic rings. The van der Waals surface area contributed by atoms with Gasteiger partial charge in [-0.25, -0.2) is 4.79 Å². The summed E-state index contributed by atoms with van der Waals surface area (Å²) >= 11 is 12.4. The van der Waals surface area contributed by atoms with E-state index in [0.717, 1.165) is 22.3 Å². The zero-order chi connectivity index (χ0) is 24.9. The molecule has 2 amide bonds. The van der Waals surface area contributed by atoms with Gasteiger partial charge < -0.3 is 9.84 Å². The first-order chi connectivity index (χ1) is 16.8. The second-order valence-corrected chi connectivity index (χ2v) is 9.37. The number of ether oxygens (including phenoxy) is 1. The van der Waals surface area contributed by atoms with E-state index in [9.17, 15) is 14.4 Å². The van der Waals surface area contributed by atoms with Gasteiger partial charge in [0, 0.05) is 16.1 Å². The maximum Gasteiger partial charge on any atom is 0.335 e. The van der Waals surface area contributed by atoms with E-state index < -0.39 is 17.8 Å². The number of halogens is 1. The van der Waals surface area contributed by atoms with Gasteiger partial charge in [-0.15, -0.1) is 0 Å². The van der Waals surface area contributed by atoms with Crippen molar-refractivity contribution in [2.24, 2.45) is 0 Å². The first-order valence-electron chi connectivity index (χ1n) is 10.2. The number of carboxylic acid groups (broad SMARTS) is 1. The summed E-state index contributed by atoms with van der Waals surface area (Å²) in [4.78, 5) is 36.8. The van der Waals surface area contributed by atoms with Crippen molar-refractivity contribution in [3.05, 3.63) is 105 Å². The third-order valence-electron chi connectivity index (χ3n) is 4.93. The van der Waals surface area contributed by atoms with Crippen LogP contribution in [0.3, 0.4) is 0 Å². The Hall–Kier alpha value is -3.66. The van der Waals surface area contributed by atoms with Crippen molar-refractivity contribution in [3.63, 3.8) is 0 Å². The SMILES string of the molecule is O=C(O)c1ccc(/C=C2/SC(=S)N(NC(=O)c3ccc(OCc4ccccc4Cl)cc3)C2=O)cc1. The highest BCUT2D eigenvalue weighted by atomic mass is 35.5. The van der Waals surface area contributed by atoms with Gasteiger partial charge in [-0.05, 0) is 66.3 Å². The van der Waals surface area contributed by atoms with Crippen LogP contribution >= 0.6 is 35.6 Å². The number of thiocarbonyl (C=S) groups is 1. The lowest BCUT2D eigenvalue weighted by Gasteiger charge is -2.16. The first-order valence-corrected chi connectivity index (χ1v) is 11.8.